The van der Waals surface area contributed by atoms with Crippen LogP contribution in [0.4, 0.5) is 10.5 Å². The third kappa shape index (κ3) is 3.19. The van der Waals surface area contributed by atoms with Gasteiger partial charge in [-0.05, 0) is 35.7 Å². The Morgan fingerprint density at radius 3 is 2.70 bits per heavy atom. The van der Waals surface area contributed by atoms with E-state index in [2.05, 4.69) is 0 Å². The molecule has 5 nitrogen and oxygen atoms in total. The second kappa shape index (κ2) is 7.08. The molecule has 1 N–H and O–H groups in total. The van der Waals surface area contributed by atoms with Crippen molar-refractivity contribution in [2.24, 2.45) is 5.92 Å². The van der Waals surface area contributed by atoms with Crippen molar-refractivity contribution in [2.75, 3.05) is 4.90 Å². The van der Waals surface area contributed by atoms with Crippen LogP contribution in [0.3, 0.4) is 0 Å². The lowest BCUT2D eigenvalue weighted by Crippen LogP contribution is -2.53. The van der Waals surface area contributed by atoms with Crippen molar-refractivity contribution >= 4 is 29.4 Å². The maximum absolute atomic E-state index is 12.9. The number of carboxylic acids is 1. The number of carbonyl (C=O) groups is 2. The molecule has 27 heavy (non-hydrogen) atoms. The van der Waals surface area contributed by atoms with Gasteiger partial charge < -0.3 is 9.84 Å². The number of rotatable bonds is 3. The van der Waals surface area contributed by atoms with E-state index >= 15 is 0 Å². The van der Waals surface area contributed by atoms with Gasteiger partial charge in [0.2, 0.25) is 0 Å². The van der Waals surface area contributed by atoms with E-state index in [4.69, 9.17) is 16.3 Å². The fraction of sp³-hybridized carbons (Fsp3) is 0.238. The average molecular weight is 384 g/mol. The van der Waals surface area contributed by atoms with Gasteiger partial charge in [-0.3, -0.25) is 4.90 Å². The molecule has 3 atom stereocenters. The number of hydrogen-bond donors (Lipinski definition) is 1. The highest BCUT2D eigenvalue weighted by Crippen LogP contribution is 2.48. The number of fused-ring (bicyclic) bond motifs is 3. The number of halogens is 1. The van der Waals surface area contributed by atoms with Gasteiger partial charge in [0.15, 0.2) is 0 Å². The fourth-order valence-electron chi connectivity index (χ4n) is 3.98. The molecule has 1 amide bonds. The van der Waals surface area contributed by atoms with E-state index in [0.29, 0.717) is 17.1 Å². The van der Waals surface area contributed by atoms with Gasteiger partial charge in [0.1, 0.15) is 12.6 Å². The van der Waals surface area contributed by atoms with Crippen LogP contribution in [0.5, 0.6) is 0 Å². The Kier molecular flexibility index (Phi) is 4.62. The molecule has 138 valence electrons. The lowest BCUT2D eigenvalue weighted by Gasteiger charge is -2.41. The molecule has 2 aromatic carbocycles. The monoisotopic (exact) mass is 383 g/mol. The summed E-state index contributed by atoms with van der Waals surface area (Å²) in [7, 11) is 0. The Hall–Kier alpha value is -2.79. The molecule has 0 aromatic heterocycles. The standard InChI is InChI=1S/C21H18ClNO4/c22-14-9-10-18-17(11-14)15-7-4-8-16(15)19(20(24)25)23(18)21(26)27-12-13-5-2-1-3-6-13/h1-7,9-11,15-16,19H,8,12H2,(H,24,25)/t15-,16+,19-/m0/s1. The molecular weight excluding hydrogens is 366 g/mol. The number of amides is 1. The summed E-state index contributed by atoms with van der Waals surface area (Å²) < 4.78 is 5.45. The molecule has 0 spiro atoms. The third-order valence-electron chi connectivity index (χ3n) is 5.16. The minimum atomic E-state index is -1.04. The summed E-state index contributed by atoms with van der Waals surface area (Å²) in [6.07, 6.45) is 3.90. The maximum atomic E-state index is 12.9. The summed E-state index contributed by atoms with van der Waals surface area (Å²) in [6, 6.07) is 13.5. The smallest absolute Gasteiger partial charge is 0.415 e. The molecule has 0 unspecified atom stereocenters. The summed E-state index contributed by atoms with van der Waals surface area (Å²) in [5.41, 5.74) is 2.24. The number of ether oxygens (including phenoxy) is 1. The molecule has 2 aliphatic rings. The van der Waals surface area contributed by atoms with Crippen LogP contribution in [0.1, 0.15) is 23.5 Å². The highest BCUT2D eigenvalue weighted by molar-refractivity contribution is 6.30. The number of anilines is 1. The Morgan fingerprint density at radius 2 is 1.96 bits per heavy atom. The van der Waals surface area contributed by atoms with Gasteiger partial charge in [-0.15, -0.1) is 0 Å². The van der Waals surface area contributed by atoms with E-state index in [0.717, 1.165) is 11.1 Å². The Labute approximate surface area is 161 Å². The molecule has 0 bridgehead atoms. The first-order chi connectivity index (χ1) is 13.1. The van der Waals surface area contributed by atoms with Crippen molar-refractivity contribution < 1.29 is 19.4 Å². The van der Waals surface area contributed by atoms with Crippen molar-refractivity contribution in [1.82, 2.24) is 0 Å². The van der Waals surface area contributed by atoms with E-state index in [1.807, 2.05) is 42.5 Å². The van der Waals surface area contributed by atoms with Gasteiger partial charge in [-0.2, -0.15) is 0 Å². The van der Waals surface area contributed by atoms with E-state index in [9.17, 15) is 14.7 Å². The van der Waals surface area contributed by atoms with Gasteiger partial charge >= 0.3 is 12.1 Å². The predicted octanol–water partition coefficient (Wildman–Crippen LogP) is 4.61. The zero-order valence-electron chi connectivity index (χ0n) is 14.4. The largest absolute Gasteiger partial charge is 0.480 e. The van der Waals surface area contributed by atoms with Crippen LogP contribution in [0.2, 0.25) is 5.02 Å². The first-order valence-corrected chi connectivity index (χ1v) is 9.13. The number of aliphatic carboxylic acids is 1. The molecule has 0 fully saturated rings. The van der Waals surface area contributed by atoms with Crippen LogP contribution in [0.15, 0.2) is 60.7 Å². The SMILES string of the molecule is O=C(O)[C@@H]1[C@@H]2CC=C[C@@H]2c2cc(Cl)ccc2N1C(=O)OCc1ccccc1. The molecule has 1 aliphatic heterocycles. The summed E-state index contributed by atoms with van der Waals surface area (Å²) in [5, 5.41) is 10.4. The molecule has 0 saturated carbocycles. The minimum Gasteiger partial charge on any atom is -0.480 e. The Balaban J connectivity index is 1.69. The topological polar surface area (TPSA) is 66.8 Å². The maximum Gasteiger partial charge on any atom is 0.415 e. The highest BCUT2D eigenvalue weighted by atomic mass is 35.5. The molecule has 1 heterocycles. The first-order valence-electron chi connectivity index (χ1n) is 8.75. The molecule has 0 radical (unpaired) electrons. The van der Waals surface area contributed by atoms with E-state index in [1.54, 1.807) is 18.2 Å². The first kappa shape index (κ1) is 17.6. The molecule has 2 aromatic rings. The van der Waals surface area contributed by atoms with Crippen LogP contribution < -0.4 is 4.90 Å². The fourth-order valence-corrected chi connectivity index (χ4v) is 4.16. The van der Waals surface area contributed by atoms with Crippen LogP contribution in [0.25, 0.3) is 0 Å². The minimum absolute atomic E-state index is 0.0713. The van der Waals surface area contributed by atoms with Gasteiger partial charge in [-0.1, -0.05) is 54.1 Å². The van der Waals surface area contributed by atoms with Crippen molar-refractivity contribution in [3.63, 3.8) is 0 Å². The van der Waals surface area contributed by atoms with Crippen LogP contribution >= 0.6 is 11.6 Å². The number of carboxylic acid groups (broad SMARTS) is 1. The van der Waals surface area contributed by atoms with E-state index < -0.39 is 18.1 Å². The second-order valence-corrected chi connectivity index (χ2v) is 7.19. The number of nitrogens with zero attached hydrogens (tertiary/aromatic N) is 1. The Morgan fingerprint density at radius 1 is 1.19 bits per heavy atom. The second-order valence-electron chi connectivity index (χ2n) is 6.75. The van der Waals surface area contributed by atoms with Crippen molar-refractivity contribution in [2.45, 2.75) is 25.0 Å². The average Bonchev–Trinajstić information content (AvgIpc) is 3.15. The quantitative estimate of drug-likeness (QED) is 0.786. The molecule has 4 rings (SSSR count). The van der Waals surface area contributed by atoms with Gasteiger partial charge in [0.05, 0.1) is 5.69 Å². The van der Waals surface area contributed by atoms with Crippen LogP contribution in [0, 0.1) is 5.92 Å². The van der Waals surface area contributed by atoms with E-state index in [1.165, 1.54) is 4.90 Å². The predicted molar refractivity (Wildman–Crippen MR) is 102 cm³/mol. The Bertz CT molecular complexity index is 912. The van der Waals surface area contributed by atoms with Gasteiger partial charge in [0, 0.05) is 16.9 Å². The van der Waals surface area contributed by atoms with Crippen LogP contribution in [-0.2, 0) is 16.1 Å². The van der Waals surface area contributed by atoms with E-state index in [-0.39, 0.29) is 18.4 Å². The summed E-state index contributed by atoms with van der Waals surface area (Å²) in [5.74, 6) is -1.35. The highest BCUT2D eigenvalue weighted by Gasteiger charge is 2.48. The lowest BCUT2D eigenvalue weighted by molar-refractivity contribution is -0.140. The summed E-state index contributed by atoms with van der Waals surface area (Å²) in [4.78, 5) is 26.2. The summed E-state index contributed by atoms with van der Waals surface area (Å²) >= 11 is 6.16. The van der Waals surface area contributed by atoms with Gasteiger partial charge in [-0.25, -0.2) is 9.59 Å². The number of carbonyl (C=O) groups excluding carboxylic acids is 1. The molecular formula is C21H18ClNO4. The molecule has 1 aliphatic carbocycles. The van der Waals surface area contributed by atoms with Crippen LogP contribution in [-0.4, -0.2) is 23.2 Å². The number of hydrogen-bond acceptors (Lipinski definition) is 3. The normalized spacial score (nSPS) is 22.9. The molecule has 0 saturated heterocycles. The van der Waals surface area contributed by atoms with Gasteiger partial charge in [0.25, 0.3) is 0 Å². The molecule has 6 heteroatoms. The number of benzene rings is 2. The summed E-state index contributed by atoms with van der Waals surface area (Å²) in [6.45, 7) is 0.0811. The zero-order valence-corrected chi connectivity index (χ0v) is 15.2. The zero-order chi connectivity index (χ0) is 19.0. The van der Waals surface area contributed by atoms with Crippen molar-refractivity contribution in [3.8, 4) is 0 Å². The van der Waals surface area contributed by atoms with Crippen molar-refractivity contribution in [1.29, 1.82) is 0 Å². The third-order valence-corrected chi connectivity index (χ3v) is 5.39. The van der Waals surface area contributed by atoms with Crippen molar-refractivity contribution in [3.05, 3.63) is 76.8 Å². The number of allylic oxidation sites excluding steroid dienone is 2. The lowest BCUT2D eigenvalue weighted by atomic mass is 9.78.